The first-order valence-corrected chi connectivity index (χ1v) is 7.92. The van der Waals surface area contributed by atoms with Crippen molar-refractivity contribution < 1.29 is 9.53 Å². The summed E-state index contributed by atoms with van der Waals surface area (Å²) in [5, 5.41) is 0.823. The predicted octanol–water partition coefficient (Wildman–Crippen LogP) is 4.22. The van der Waals surface area contributed by atoms with Crippen LogP contribution in [0.3, 0.4) is 0 Å². The summed E-state index contributed by atoms with van der Waals surface area (Å²) < 4.78 is 4.78. The van der Waals surface area contributed by atoms with Crippen LogP contribution in [0.2, 0.25) is 10.0 Å². The van der Waals surface area contributed by atoms with E-state index in [-0.39, 0.29) is 16.6 Å². The van der Waals surface area contributed by atoms with Gasteiger partial charge in [0.1, 0.15) is 10.8 Å². The Morgan fingerprint density at radius 2 is 1.87 bits per heavy atom. The summed E-state index contributed by atoms with van der Waals surface area (Å²) in [7, 11) is 3.13. The lowest BCUT2D eigenvalue weighted by atomic mass is 10.2. The minimum atomic E-state index is -0.565. The summed E-state index contributed by atoms with van der Waals surface area (Å²) in [6.07, 6.45) is 2.04. The second kappa shape index (κ2) is 6.34. The summed E-state index contributed by atoms with van der Waals surface area (Å²) in [5.74, 6) is 0.829. The highest BCUT2D eigenvalue weighted by Gasteiger charge is 2.31. The van der Waals surface area contributed by atoms with Gasteiger partial charge in [0.25, 0.3) is 0 Å². The third kappa shape index (κ3) is 3.26. The zero-order chi connectivity index (χ0) is 16.6. The molecule has 0 N–H and O–H groups in total. The molecule has 1 aromatic heterocycles. The topological polar surface area (TPSA) is 55.3 Å². The molecule has 0 saturated heterocycles. The first kappa shape index (κ1) is 16.0. The first-order chi connectivity index (χ1) is 11.0. The Bertz CT molecular complexity index is 746. The molecule has 1 fully saturated rings. The van der Waals surface area contributed by atoms with Gasteiger partial charge in [0.15, 0.2) is 11.5 Å². The number of aromatic nitrogens is 2. The number of methoxy groups -OCH3 is 1. The Labute approximate surface area is 144 Å². The number of carbonyl (C=O) groups is 1. The van der Waals surface area contributed by atoms with Crippen molar-refractivity contribution in [2.45, 2.75) is 18.8 Å². The summed E-state index contributed by atoms with van der Waals surface area (Å²) in [6, 6.07) is 7.28. The molecule has 0 spiro atoms. The molecule has 1 saturated carbocycles. The van der Waals surface area contributed by atoms with Gasteiger partial charge in [-0.05, 0) is 37.1 Å². The minimum absolute atomic E-state index is 0.0990. The predicted molar refractivity (Wildman–Crippen MR) is 89.9 cm³/mol. The van der Waals surface area contributed by atoms with Crippen LogP contribution in [0.15, 0.2) is 24.3 Å². The van der Waals surface area contributed by atoms with Gasteiger partial charge < -0.3 is 9.64 Å². The lowest BCUT2D eigenvalue weighted by molar-refractivity contribution is 0.0593. The SMILES string of the molecule is COC(=O)c1nc(C2CC2)nc(N(C)c2ccc(Cl)cc2)c1Cl. The lowest BCUT2D eigenvalue weighted by Gasteiger charge is -2.21. The quantitative estimate of drug-likeness (QED) is 0.772. The Morgan fingerprint density at radius 1 is 1.22 bits per heavy atom. The van der Waals surface area contributed by atoms with Crippen LogP contribution in [0.1, 0.15) is 35.1 Å². The van der Waals surface area contributed by atoms with Gasteiger partial charge in [-0.25, -0.2) is 14.8 Å². The number of rotatable bonds is 4. The van der Waals surface area contributed by atoms with Gasteiger partial charge in [-0.2, -0.15) is 0 Å². The zero-order valence-corrected chi connectivity index (χ0v) is 14.2. The van der Waals surface area contributed by atoms with Crippen LogP contribution >= 0.6 is 23.2 Å². The summed E-state index contributed by atoms with van der Waals surface area (Å²) >= 11 is 12.3. The van der Waals surface area contributed by atoms with Crippen molar-refractivity contribution in [3.63, 3.8) is 0 Å². The molecule has 1 aromatic carbocycles. The van der Waals surface area contributed by atoms with Gasteiger partial charge in [-0.3, -0.25) is 0 Å². The maximum atomic E-state index is 12.0. The third-order valence-corrected chi connectivity index (χ3v) is 4.30. The average molecular weight is 352 g/mol. The van der Waals surface area contributed by atoms with E-state index in [9.17, 15) is 4.79 Å². The molecule has 23 heavy (non-hydrogen) atoms. The third-order valence-electron chi connectivity index (χ3n) is 3.70. The van der Waals surface area contributed by atoms with Crippen molar-refractivity contribution in [3.8, 4) is 0 Å². The molecule has 0 radical (unpaired) electrons. The van der Waals surface area contributed by atoms with Gasteiger partial charge in [0.05, 0.1) is 7.11 Å². The van der Waals surface area contributed by atoms with E-state index in [0.717, 1.165) is 18.5 Å². The van der Waals surface area contributed by atoms with E-state index in [1.54, 1.807) is 17.0 Å². The fraction of sp³-hybridized carbons (Fsp3) is 0.312. The Balaban J connectivity index is 2.07. The smallest absolute Gasteiger partial charge is 0.358 e. The number of halogens is 2. The van der Waals surface area contributed by atoms with Crippen LogP contribution in [0, 0.1) is 0 Å². The highest BCUT2D eigenvalue weighted by Crippen LogP contribution is 2.41. The maximum absolute atomic E-state index is 12.0. The van der Waals surface area contributed by atoms with E-state index < -0.39 is 5.97 Å². The highest BCUT2D eigenvalue weighted by atomic mass is 35.5. The monoisotopic (exact) mass is 351 g/mol. The molecule has 120 valence electrons. The number of carbonyl (C=O) groups excluding carboxylic acids is 1. The number of benzene rings is 1. The molecule has 0 atom stereocenters. The fourth-order valence-corrected chi connectivity index (χ4v) is 2.63. The number of anilines is 2. The van der Waals surface area contributed by atoms with Crippen molar-refractivity contribution in [1.82, 2.24) is 9.97 Å². The number of nitrogens with zero attached hydrogens (tertiary/aromatic N) is 3. The normalized spacial score (nSPS) is 13.7. The summed E-state index contributed by atoms with van der Waals surface area (Å²) in [6.45, 7) is 0. The van der Waals surface area contributed by atoms with E-state index in [1.165, 1.54) is 7.11 Å². The van der Waals surface area contributed by atoms with Gasteiger partial charge in [0, 0.05) is 23.7 Å². The van der Waals surface area contributed by atoms with E-state index in [1.807, 2.05) is 19.2 Å². The highest BCUT2D eigenvalue weighted by molar-refractivity contribution is 6.35. The molecular weight excluding hydrogens is 337 g/mol. The second-order valence-corrected chi connectivity index (χ2v) is 6.18. The van der Waals surface area contributed by atoms with Gasteiger partial charge in [0.2, 0.25) is 0 Å². The number of hydrogen-bond donors (Lipinski definition) is 0. The van der Waals surface area contributed by atoms with Gasteiger partial charge in [-0.1, -0.05) is 23.2 Å². The molecule has 0 amide bonds. The summed E-state index contributed by atoms with van der Waals surface area (Å²) in [5.41, 5.74) is 0.953. The molecule has 2 aromatic rings. The van der Waals surface area contributed by atoms with Crippen molar-refractivity contribution in [1.29, 1.82) is 0 Å². The fourth-order valence-electron chi connectivity index (χ4n) is 2.22. The number of hydrogen-bond acceptors (Lipinski definition) is 5. The van der Waals surface area contributed by atoms with E-state index in [2.05, 4.69) is 9.97 Å². The van der Waals surface area contributed by atoms with Crippen LogP contribution in [0.25, 0.3) is 0 Å². The molecule has 7 heteroatoms. The van der Waals surface area contributed by atoms with E-state index in [4.69, 9.17) is 27.9 Å². The molecule has 1 aliphatic carbocycles. The molecule has 5 nitrogen and oxygen atoms in total. The second-order valence-electron chi connectivity index (χ2n) is 5.37. The molecule has 1 heterocycles. The Morgan fingerprint density at radius 3 is 2.43 bits per heavy atom. The molecule has 3 rings (SSSR count). The zero-order valence-electron chi connectivity index (χ0n) is 12.7. The van der Waals surface area contributed by atoms with Crippen LogP contribution in [0.4, 0.5) is 11.5 Å². The van der Waals surface area contributed by atoms with Crippen LogP contribution < -0.4 is 4.90 Å². The van der Waals surface area contributed by atoms with Crippen molar-refractivity contribution in [2.24, 2.45) is 0 Å². The largest absolute Gasteiger partial charge is 0.464 e. The molecule has 1 aliphatic rings. The van der Waals surface area contributed by atoms with Crippen LogP contribution in [-0.4, -0.2) is 30.1 Å². The molecular formula is C16H15Cl2N3O2. The van der Waals surface area contributed by atoms with E-state index in [0.29, 0.717) is 16.7 Å². The van der Waals surface area contributed by atoms with Crippen molar-refractivity contribution in [3.05, 3.63) is 45.8 Å². The first-order valence-electron chi connectivity index (χ1n) is 7.16. The van der Waals surface area contributed by atoms with Gasteiger partial charge in [-0.15, -0.1) is 0 Å². The molecule has 0 bridgehead atoms. The van der Waals surface area contributed by atoms with Crippen LogP contribution in [-0.2, 0) is 4.74 Å². The van der Waals surface area contributed by atoms with Crippen molar-refractivity contribution >= 4 is 40.7 Å². The Hall–Kier alpha value is -1.85. The molecule has 0 aliphatic heterocycles. The number of esters is 1. The van der Waals surface area contributed by atoms with Gasteiger partial charge >= 0.3 is 5.97 Å². The Kier molecular flexibility index (Phi) is 4.41. The van der Waals surface area contributed by atoms with Crippen molar-refractivity contribution in [2.75, 3.05) is 19.1 Å². The van der Waals surface area contributed by atoms with E-state index >= 15 is 0 Å². The van der Waals surface area contributed by atoms with Crippen LogP contribution in [0.5, 0.6) is 0 Å². The lowest BCUT2D eigenvalue weighted by Crippen LogP contribution is -2.17. The molecule has 0 unspecified atom stereocenters. The average Bonchev–Trinajstić information content (AvgIpc) is 3.39. The minimum Gasteiger partial charge on any atom is -0.464 e. The number of ether oxygens (including phenoxy) is 1. The standard InChI is InChI=1S/C16H15Cl2N3O2/c1-21(11-7-5-10(17)6-8-11)15-12(18)13(16(22)23-2)19-14(20-15)9-3-4-9/h5-9H,3-4H2,1-2H3. The summed E-state index contributed by atoms with van der Waals surface area (Å²) in [4.78, 5) is 22.6. The maximum Gasteiger partial charge on any atom is 0.358 e.